The lowest BCUT2D eigenvalue weighted by Gasteiger charge is -2.34. The number of aryl methyl sites for hydroxylation is 1. The Bertz CT molecular complexity index is 928. The Morgan fingerprint density at radius 1 is 1.08 bits per heavy atom. The second-order valence-electron chi connectivity index (χ2n) is 10.2. The Balaban J connectivity index is 3.46. The summed E-state index contributed by atoms with van der Waals surface area (Å²) in [5.41, 5.74) is 5.63. The molecule has 0 aromatic heterocycles. The van der Waals surface area contributed by atoms with E-state index < -0.39 is 42.0 Å². The molecule has 4 amide bonds. The first-order valence-electron chi connectivity index (χ1n) is 13.0. The van der Waals surface area contributed by atoms with Crippen LogP contribution in [0.1, 0.15) is 90.3 Å². The number of hydrogen-bond donors (Lipinski definition) is 4. The Morgan fingerprint density at radius 3 is 2.27 bits per heavy atom. The molecule has 0 saturated heterocycles. The molecule has 0 saturated carbocycles. The van der Waals surface area contributed by atoms with E-state index in [1.165, 1.54) is 11.0 Å². The van der Waals surface area contributed by atoms with Gasteiger partial charge in [-0.05, 0) is 63.8 Å². The van der Waals surface area contributed by atoms with Gasteiger partial charge < -0.3 is 31.1 Å². The van der Waals surface area contributed by atoms with Crippen molar-refractivity contribution < 1.29 is 29.0 Å². The summed E-state index contributed by atoms with van der Waals surface area (Å²) in [5.74, 6) is -1.74. The van der Waals surface area contributed by atoms with Crippen molar-refractivity contribution in [2.45, 2.75) is 97.8 Å². The van der Waals surface area contributed by atoms with Gasteiger partial charge in [-0.3, -0.25) is 14.4 Å². The van der Waals surface area contributed by atoms with E-state index >= 15 is 0 Å². The smallest absolute Gasteiger partial charge is 0.408 e. The number of carbonyl (C=O) groups excluding carboxylic acids is 4. The van der Waals surface area contributed by atoms with E-state index in [9.17, 15) is 24.3 Å². The van der Waals surface area contributed by atoms with Crippen LogP contribution in [0, 0.1) is 6.92 Å². The lowest BCUT2D eigenvalue weighted by atomic mass is 9.99. The Hall–Kier alpha value is -3.30. The van der Waals surface area contributed by atoms with Gasteiger partial charge in [0.25, 0.3) is 0 Å². The van der Waals surface area contributed by atoms with Crippen molar-refractivity contribution in [2.24, 2.45) is 5.73 Å². The topological polar surface area (TPSA) is 151 Å². The summed E-state index contributed by atoms with van der Waals surface area (Å²) in [5, 5.41) is 15.4. The van der Waals surface area contributed by atoms with Crippen LogP contribution in [0.25, 0.3) is 0 Å². The third-order valence-corrected chi connectivity index (χ3v) is 5.61. The lowest BCUT2D eigenvalue weighted by Crippen LogP contribution is -2.54. The summed E-state index contributed by atoms with van der Waals surface area (Å²) in [6.07, 6.45) is 2.72. The molecule has 5 N–H and O–H groups in total. The molecule has 2 unspecified atom stereocenters. The molecule has 10 nitrogen and oxygen atoms in total. The van der Waals surface area contributed by atoms with Crippen LogP contribution in [0.5, 0.6) is 5.75 Å². The van der Waals surface area contributed by atoms with Gasteiger partial charge in [-0.15, -0.1) is 0 Å². The molecule has 0 fully saturated rings. The quantitative estimate of drug-likeness (QED) is 0.276. The van der Waals surface area contributed by atoms with Crippen molar-refractivity contribution in [3.8, 4) is 5.75 Å². The van der Waals surface area contributed by atoms with Crippen LogP contribution in [-0.2, 0) is 19.1 Å². The maximum atomic E-state index is 13.9. The van der Waals surface area contributed by atoms with Crippen LogP contribution in [-0.4, -0.2) is 58.6 Å². The van der Waals surface area contributed by atoms with Crippen LogP contribution < -0.4 is 16.4 Å². The molecule has 208 valence electrons. The normalized spacial score (nSPS) is 12.8. The minimum Gasteiger partial charge on any atom is -0.508 e. The lowest BCUT2D eigenvalue weighted by molar-refractivity contribution is -0.143. The highest BCUT2D eigenvalue weighted by atomic mass is 16.6. The molecular formula is C27H44N4O6. The predicted octanol–water partition coefficient (Wildman–Crippen LogP) is 3.45. The van der Waals surface area contributed by atoms with Crippen LogP contribution in [0.15, 0.2) is 18.2 Å². The number of phenols is 1. The van der Waals surface area contributed by atoms with E-state index in [2.05, 4.69) is 17.6 Å². The number of benzene rings is 1. The average molecular weight is 521 g/mol. The summed E-state index contributed by atoms with van der Waals surface area (Å²) in [4.78, 5) is 53.0. The van der Waals surface area contributed by atoms with Gasteiger partial charge in [-0.1, -0.05) is 39.2 Å². The number of carbonyl (C=O) groups is 4. The van der Waals surface area contributed by atoms with Crippen molar-refractivity contribution in [1.29, 1.82) is 0 Å². The van der Waals surface area contributed by atoms with Gasteiger partial charge in [0, 0.05) is 13.1 Å². The van der Waals surface area contributed by atoms with E-state index in [0.717, 1.165) is 25.7 Å². The van der Waals surface area contributed by atoms with E-state index in [1.54, 1.807) is 39.8 Å². The van der Waals surface area contributed by atoms with Gasteiger partial charge in [0.15, 0.2) is 0 Å². The molecule has 2 atom stereocenters. The number of ether oxygens (including phenoxy) is 1. The van der Waals surface area contributed by atoms with Crippen molar-refractivity contribution in [3.63, 3.8) is 0 Å². The molecule has 1 rings (SSSR count). The number of nitrogens with zero attached hydrogens (tertiary/aromatic N) is 1. The number of rotatable bonds is 14. The van der Waals surface area contributed by atoms with Gasteiger partial charge in [0.1, 0.15) is 23.4 Å². The fraction of sp³-hybridized carbons (Fsp3) is 0.630. The minimum atomic E-state index is -1.32. The number of unbranched alkanes of at least 4 members (excludes halogenated alkanes) is 3. The molecule has 37 heavy (non-hydrogen) atoms. The van der Waals surface area contributed by atoms with Crippen LogP contribution in [0.4, 0.5) is 4.79 Å². The van der Waals surface area contributed by atoms with Crippen molar-refractivity contribution >= 4 is 23.8 Å². The van der Waals surface area contributed by atoms with Gasteiger partial charge >= 0.3 is 6.09 Å². The number of nitrogens with two attached hydrogens (primary N) is 1. The molecule has 10 heteroatoms. The number of alkyl carbamates (subject to hydrolysis) is 1. The first-order valence-corrected chi connectivity index (χ1v) is 13.0. The zero-order valence-corrected chi connectivity index (χ0v) is 23.1. The fourth-order valence-electron chi connectivity index (χ4n) is 3.75. The van der Waals surface area contributed by atoms with Crippen LogP contribution in [0.3, 0.4) is 0 Å². The summed E-state index contributed by atoms with van der Waals surface area (Å²) in [6, 6.07) is 2.36. The first kappa shape index (κ1) is 31.7. The molecule has 1 aromatic rings. The number of hydrogen-bond acceptors (Lipinski definition) is 6. The molecular weight excluding hydrogens is 476 g/mol. The van der Waals surface area contributed by atoms with E-state index in [0.29, 0.717) is 24.1 Å². The maximum absolute atomic E-state index is 13.9. The largest absolute Gasteiger partial charge is 0.508 e. The van der Waals surface area contributed by atoms with E-state index in [-0.39, 0.29) is 18.2 Å². The first-order chi connectivity index (χ1) is 17.3. The average Bonchev–Trinajstić information content (AvgIpc) is 2.79. The molecule has 0 aliphatic heterocycles. The molecule has 0 spiro atoms. The number of amides is 4. The summed E-state index contributed by atoms with van der Waals surface area (Å²) in [7, 11) is 0. The van der Waals surface area contributed by atoms with Gasteiger partial charge in [-0.2, -0.15) is 0 Å². The Morgan fingerprint density at radius 2 is 1.73 bits per heavy atom. The third-order valence-electron chi connectivity index (χ3n) is 5.61. The molecule has 0 radical (unpaired) electrons. The predicted molar refractivity (Wildman–Crippen MR) is 142 cm³/mol. The summed E-state index contributed by atoms with van der Waals surface area (Å²) in [6.45, 7) is 11.4. The van der Waals surface area contributed by atoms with Crippen molar-refractivity contribution in [3.05, 3.63) is 29.3 Å². The maximum Gasteiger partial charge on any atom is 0.408 e. The number of phenolic OH excluding ortho intramolecular Hbond substituents is 1. The summed E-state index contributed by atoms with van der Waals surface area (Å²) >= 11 is 0. The number of nitrogens with one attached hydrogen (secondary N) is 2. The Labute approximate surface area is 220 Å². The van der Waals surface area contributed by atoms with Gasteiger partial charge in [0.2, 0.25) is 17.7 Å². The van der Waals surface area contributed by atoms with E-state index in [4.69, 9.17) is 10.5 Å². The van der Waals surface area contributed by atoms with Crippen LogP contribution in [0.2, 0.25) is 0 Å². The Kier molecular flexibility index (Phi) is 12.9. The SMILES string of the molecule is CCCCCNC(=O)C(c1ccc(O)c(C)c1)N(CCCC)C(=O)C(CC(N)=O)NC(=O)OC(C)(C)C. The second kappa shape index (κ2) is 15.1. The highest BCUT2D eigenvalue weighted by molar-refractivity contribution is 5.94. The van der Waals surface area contributed by atoms with Gasteiger partial charge in [0.05, 0.1) is 6.42 Å². The molecule has 0 aliphatic carbocycles. The zero-order valence-electron chi connectivity index (χ0n) is 23.1. The van der Waals surface area contributed by atoms with E-state index in [1.807, 2.05) is 6.92 Å². The highest BCUT2D eigenvalue weighted by Gasteiger charge is 2.36. The van der Waals surface area contributed by atoms with Crippen molar-refractivity contribution in [2.75, 3.05) is 13.1 Å². The minimum absolute atomic E-state index is 0.0653. The summed E-state index contributed by atoms with van der Waals surface area (Å²) < 4.78 is 5.28. The van der Waals surface area contributed by atoms with Gasteiger partial charge in [-0.25, -0.2) is 4.79 Å². The van der Waals surface area contributed by atoms with Crippen molar-refractivity contribution in [1.82, 2.24) is 15.5 Å². The zero-order chi connectivity index (χ0) is 28.2. The van der Waals surface area contributed by atoms with Crippen LogP contribution >= 0.6 is 0 Å². The molecule has 0 bridgehead atoms. The fourth-order valence-corrected chi connectivity index (χ4v) is 3.75. The number of primary amides is 1. The third kappa shape index (κ3) is 11.1. The standard InChI is InChI=1S/C27H44N4O6/c1-7-9-11-14-29-24(34)23(19-12-13-21(32)18(3)16-19)31(15-10-8-2)25(35)20(17-22(28)33)30-26(36)37-27(4,5)6/h12-13,16,20,23,32H,7-11,14-15,17H2,1-6H3,(H2,28,33)(H,29,34)(H,30,36). The molecule has 0 aliphatic rings. The monoisotopic (exact) mass is 520 g/mol. The number of aromatic hydroxyl groups is 1. The highest BCUT2D eigenvalue weighted by Crippen LogP contribution is 2.27. The molecule has 1 aromatic carbocycles. The second-order valence-corrected chi connectivity index (χ2v) is 10.2. The molecule has 0 heterocycles.